The van der Waals surface area contributed by atoms with E-state index >= 15 is 0 Å². The van der Waals surface area contributed by atoms with Gasteiger partial charge in [-0.1, -0.05) is 0 Å². The highest BCUT2D eigenvalue weighted by Gasteiger charge is 2.25. The fraction of sp³-hybridized carbons (Fsp3) is 0.867. The maximum absolute atomic E-state index is 12.1. The summed E-state index contributed by atoms with van der Waals surface area (Å²) in [7, 11) is 0. The lowest BCUT2D eigenvalue weighted by Crippen LogP contribution is -2.48. The molecule has 2 aliphatic rings. The van der Waals surface area contributed by atoms with E-state index in [0.717, 1.165) is 32.0 Å². The van der Waals surface area contributed by atoms with E-state index in [1.165, 1.54) is 6.42 Å². The minimum atomic E-state index is -0.460. The number of nitrogens with zero attached hydrogens (tertiary/aromatic N) is 2. The number of ether oxygens (including phenoxy) is 2. The summed E-state index contributed by atoms with van der Waals surface area (Å²) in [5, 5.41) is 3.36. The average molecular weight is 297 g/mol. The zero-order chi connectivity index (χ0) is 15.3. The number of aliphatic imine (C=N–C) groups is 1. The molecule has 0 saturated carbocycles. The summed E-state index contributed by atoms with van der Waals surface area (Å²) in [5.41, 5.74) is -0.460. The van der Waals surface area contributed by atoms with E-state index in [-0.39, 0.29) is 6.09 Å². The molecule has 1 saturated heterocycles. The number of carbonyl (C=O) groups is 1. The van der Waals surface area contributed by atoms with Crippen LogP contribution in [0.25, 0.3) is 0 Å². The van der Waals surface area contributed by atoms with Gasteiger partial charge in [-0.25, -0.2) is 4.79 Å². The van der Waals surface area contributed by atoms with Crippen molar-refractivity contribution in [1.29, 1.82) is 0 Å². The second kappa shape index (κ2) is 7.11. The third kappa shape index (κ3) is 5.53. The molecule has 0 aliphatic carbocycles. The summed E-state index contributed by atoms with van der Waals surface area (Å²) in [6, 6.07) is 0. The summed E-state index contributed by atoms with van der Waals surface area (Å²) >= 11 is 0. The third-order valence-electron chi connectivity index (χ3n) is 3.51. The summed E-state index contributed by atoms with van der Waals surface area (Å²) < 4.78 is 10.9. The third-order valence-corrected chi connectivity index (χ3v) is 3.51. The Morgan fingerprint density at radius 2 is 2.33 bits per heavy atom. The van der Waals surface area contributed by atoms with Gasteiger partial charge in [0.15, 0.2) is 0 Å². The summed E-state index contributed by atoms with van der Waals surface area (Å²) in [5.74, 6) is 1.41. The smallest absolute Gasteiger partial charge is 0.410 e. The first kappa shape index (κ1) is 16.1. The summed E-state index contributed by atoms with van der Waals surface area (Å²) in [4.78, 5) is 18.2. The van der Waals surface area contributed by atoms with E-state index in [1.54, 1.807) is 4.90 Å². The fourth-order valence-corrected chi connectivity index (χ4v) is 2.44. The molecule has 1 N–H and O–H groups in total. The molecule has 120 valence electrons. The Labute approximate surface area is 126 Å². The monoisotopic (exact) mass is 297 g/mol. The normalized spacial score (nSPS) is 23.5. The van der Waals surface area contributed by atoms with Gasteiger partial charge in [0, 0.05) is 19.7 Å². The quantitative estimate of drug-likeness (QED) is 0.842. The Morgan fingerprint density at radius 3 is 3.00 bits per heavy atom. The number of nitrogens with one attached hydrogen (secondary N) is 1. The number of hydrogen-bond donors (Lipinski definition) is 1. The molecule has 1 amide bonds. The molecule has 1 atom stereocenters. The largest absolute Gasteiger partial charge is 0.444 e. The highest BCUT2D eigenvalue weighted by molar-refractivity contribution is 5.87. The maximum Gasteiger partial charge on any atom is 0.410 e. The van der Waals surface area contributed by atoms with E-state index in [1.807, 2.05) is 20.8 Å². The maximum atomic E-state index is 12.1. The van der Waals surface area contributed by atoms with Crippen LogP contribution in [0, 0.1) is 5.92 Å². The van der Waals surface area contributed by atoms with Gasteiger partial charge in [-0.15, -0.1) is 0 Å². The van der Waals surface area contributed by atoms with Crippen LogP contribution in [0.3, 0.4) is 0 Å². The van der Waals surface area contributed by atoms with Crippen LogP contribution in [0.2, 0.25) is 0 Å². The minimum absolute atomic E-state index is 0.266. The second-order valence-corrected chi connectivity index (χ2v) is 6.69. The Balaban J connectivity index is 1.77. The van der Waals surface area contributed by atoms with E-state index in [4.69, 9.17) is 9.47 Å². The molecule has 0 aromatic carbocycles. The van der Waals surface area contributed by atoms with Crippen LogP contribution in [0.5, 0.6) is 0 Å². The van der Waals surface area contributed by atoms with Crippen molar-refractivity contribution in [2.75, 3.05) is 39.4 Å². The van der Waals surface area contributed by atoms with Gasteiger partial charge in [0.2, 0.25) is 0 Å². The number of hydrogen-bond acceptors (Lipinski definition) is 5. The van der Waals surface area contributed by atoms with Crippen LogP contribution < -0.4 is 5.32 Å². The van der Waals surface area contributed by atoms with Gasteiger partial charge >= 0.3 is 6.09 Å². The van der Waals surface area contributed by atoms with Gasteiger partial charge in [0.25, 0.3) is 0 Å². The molecule has 0 aromatic rings. The van der Waals surface area contributed by atoms with Crippen LogP contribution in [-0.4, -0.2) is 61.8 Å². The van der Waals surface area contributed by atoms with Crippen LogP contribution in [0.15, 0.2) is 4.99 Å². The Bertz CT molecular complexity index is 384. The molecule has 1 fully saturated rings. The van der Waals surface area contributed by atoms with Crippen molar-refractivity contribution >= 4 is 11.9 Å². The molecular formula is C15H27N3O3. The van der Waals surface area contributed by atoms with Crippen molar-refractivity contribution in [3.63, 3.8) is 0 Å². The van der Waals surface area contributed by atoms with Gasteiger partial charge in [-0.3, -0.25) is 9.89 Å². The lowest BCUT2D eigenvalue weighted by Gasteiger charge is -2.30. The molecule has 0 radical (unpaired) electrons. The zero-order valence-corrected chi connectivity index (χ0v) is 13.4. The number of carbonyl (C=O) groups excluding carboxylic acids is 1. The molecule has 0 bridgehead atoms. The first-order valence-corrected chi connectivity index (χ1v) is 7.77. The summed E-state index contributed by atoms with van der Waals surface area (Å²) in [6.07, 6.45) is 2.05. The lowest BCUT2D eigenvalue weighted by atomic mass is 10.0. The first-order chi connectivity index (χ1) is 9.94. The minimum Gasteiger partial charge on any atom is -0.444 e. The average Bonchev–Trinajstić information content (AvgIpc) is 2.45. The van der Waals surface area contributed by atoms with Crippen molar-refractivity contribution in [3.8, 4) is 0 Å². The number of rotatable bonds is 2. The fourth-order valence-electron chi connectivity index (χ4n) is 2.44. The predicted octanol–water partition coefficient (Wildman–Crippen LogP) is 1.65. The van der Waals surface area contributed by atoms with Crippen molar-refractivity contribution in [2.45, 2.75) is 39.2 Å². The number of amidine groups is 1. The van der Waals surface area contributed by atoms with Gasteiger partial charge in [-0.05, 0) is 39.5 Å². The molecule has 2 aliphatic heterocycles. The Kier molecular flexibility index (Phi) is 5.45. The molecule has 0 spiro atoms. The molecular weight excluding hydrogens is 270 g/mol. The van der Waals surface area contributed by atoms with E-state index < -0.39 is 5.60 Å². The van der Waals surface area contributed by atoms with Gasteiger partial charge in [0.05, 0.1) is 19.7 Å². The molecule has 6 heteroatoms. The van der Waals surface area contributed by atoms with E-state index in [9.17, 15) is 4.79 Å². The highest BCUT2D eigenvalue weighted by atomic mass is 16.6. The standard InChI is InChI=1S/C15H27N3O3/c1-15(2,3)21-14(19)18-7-6-16-13(10-18)17-9-12-5-4-8-20-11-12/h12H,4-11H2,1-3H3,(H,16,17). The van der Waals surface area contributed by atoms with Gasteiger partial charge in [-0.2, -0.15) is 0 Å². The zero-order valence-electron chi connectivity index (χ0n) is 13.4. The molecule has 2 heterocycles. The van der Waals surface area contributed by atoms with Gasteiger partial charge in [0.1, 0.15) is 11.4 Å². The molecule has 2 rings (SSSR count). The van der Waals surface area contributed by atoms with Crippen LogP contribution in [-0.2, 0) is 9.47 Å². The van der Waals surface area contributed by atoms with Crippen LogP contribution >= 0.6 is 0 Å². The van der Waals surface area contributed by atoms with Crippen molar-refractivity contribution in [3.05, 3.63) is 0 Å². The summed E-state index contributed by atoms with van der Waals surface area (Å²) in [6.45, 7) is 9.94. The molecule has 6 nitrogen and oxygen atoms in total. The molecule has 21 heavy (non-hydrogen) atoms. The first-order valence-electron chi connectivity index (χ1n) is 7.77. The van der Waals surface area contributed by atoms with Crippen molar-refractivity contribution in [2.24, 2.45) is 10.9 Å². The lowest BCUT2D eigenvalue weighted by molar-refractivity contribution is 0.0275. The highest BCUT2D eigenvalue weighted by Crippen LogP contribution is 2.13. The van der Waals surface area contributed by atoms with Crippen molar-refractivity contribution in [1.82, 2.24) is 10.2 Å². The second-order valence-electron chi connectivity index (χ2n) is 6.69. The van der Waals surface area contributed by atoms with Gasteiger partial charge < -0.3 is 14.8 Å². The van der Waals surface area contributed by atoms with E-state index in [0.29, 0.717) is 25.6 Å². The molecule has 1 unspecified atom stereocenters. The Morgan fingerprint density at radius 1 is 1.52 bits per heavy atom. The number of amides is 1. The van der Waals surface area contributed by atoms with E-state index in [2.05, 4.69) is 10.3 Å². The SMILES string of the molecule is CC(C)(C)OC(=O)N1CCN=C(NCC2CCCOC2)C1. The Hall–Kier alpha value is -1.30. The topological polar surface area (TPSA) is 63.2 Å². The predicted molar refractivity (Wildman–Crippen MR) is 81.7 cm³/mol. The van der Waals surface area contributed by atoms with Crippen LogP contribution in [0.4, 0.5) is 4.79 Å². The van der Waals surface area contributed by atoms with Crippen LogP contribution in [0.1, 0.15) is 33.6 Å². The molecule has 0 aromatic heterocycles. The van der Waals surface area contributed by atoms with Crippen molar-refractivity contribution < 1.29 is 14.3 Å².